The third-order valence-corrected chi connectivity index (χ3v) is 8.15. The summed E-state index contributed by atoms with van der Waals surface area (Å²) < 4.78 is 16.3. The van der Waals surface area contributed by atoms with Crippen molar-refractivity contribution in [1.82, 2.24) is 19.8 Å². The molecule has 1 saturated heterocycles. The van der Waals surface area contributed by atoms with Gasteiger partial charge in [-0.1, -0.05) is 11.6 Å². The molecule has 0 radical (unpaired) electrons. The first-order chi connectivity index (χ1) is 21.2. The number of furan rings is 1. The number of nitrogens with one attached hydrogen (secondary N) is 2. The van der Waals surface area contributed by atoms with Gasteiger partial charge in [-0.3, -0.25) is 19.2 Å². The van der Waals surface area contributed by atoms with Gasteiger partial charge in [0.1, 0.15) is 22.7 Å². The molecule has 2 fully saturated rings. The van der Waals surface area contributed by atoms with Crippen LogP contribution < -0.4 is 10.6 Å². The number of carbonyl (C=O) groups excluding carboxylic acids is 4. The number of methoxy groups -OCH3 is 1. The fraction of sp³-hybridized carbons (Fsp3) is 0.467. The molecule has 44 heavy (non-hydrogen) atoms. The van der Waals surface area contributed by atoms with Crippen molar-refractivity contribution in [3.8, 4) is 0 Å². The van der Waals surface area contributed by atoms with E-state index in [2.05, 4.69) is 20.6 Å². The molecule has 0 bridgehead atoms. The summed E-state index contributed by atoms with van der Waals surface area (Å²) in [6, 6.07) is 6.14. The molecule has 1 aliphatic carbocycles. The van der Waals surface area contributed by atoms with Crippen molar-refractivity contribution in [3.05, 3.63) is 46.9 Å². The van der Waals surface area contributed by atoms with E-state index in [9.17, 15) is 19.2 Å². The summed E-state index contributed by atoms with van der Waals surface area (Å²) in [6.07, 6.45) is 3.58. The van der Waals surface area contributed by atoms with Crippen LogP contribution in [0.25, 0.3) is 11.1 Å². The topological polar surface area (TPSA) is 156 Å². The van der Waals surface area contributed by atoms with Crippen LogP contribution in [-0.2, 0) is 19.1 Å². The Morgan fingerprint density at radius 3 is 2.45 bits per heavy atom. The summed E-state index contributed by atoms with van der Waals surface area (Å²) in [6.45, 7) is 2.95. The second kappa shape index (κ2) is 14.1. The zero-order chi connectivity index (χ0) is 31.2. The first kappa shape index (κ1) is 31.4. The summed E-state index contributed by atoms with van der Waals surface area (Å²) in [5.74, 6) is -1.72. The number of hydrogen-bond acceptors (Lipinski definition) is 9. The Balaban J connectivity index is 1.37. The zero-order valence-corrected chi connectivity index (χ0v) is 25.4. The predicted octanol–water partition coefficient (Wildman–Crippen LogP) is 3.45. The van der Waals surface area contributed by atoms with Crippen molar-refractivity contribution in [3.63, 3.8) is 0 Å². The van der Waals surface area contributed by atoms with Crippen molar-refractivity contribution in [1.29, 1.82) is 0 Å². The molecule has 4 heterocycles. The molecule has 0 spiro atoms. The number of halogens is 1. The average molecular weight is 627 g/mol. The smallest absolute Gasteiger partial charge is 0.294 e. The lowest BCUT2D eigenvalue weighted by Gasteiger charge is -2.33. The average Bonchev–Trinajstić information content (AvgIpc) is 3.41. The molecule has 1 aliphatic heterocycles. The van der Waals surface area contributed by atoms with E-state index in [4.69, 9.17) is 25.5 Å². The van der Waals surface area contributed by atoms with Crippen molar-refractivity contribution in [2.24, 2.45) is 11.8 Å². The monoisotopic (exact) mass is 626 g/mol. The van der Waals surface area contributed by atoms with E-state index in [0.29, 0.717) is 70.2 Å². The van der Waals surface area contributed by atoms with Crippen LogP contribution in [-0.4, -0.2) is 97.0 Å². The van der Waals surface area contributed by atoms with Gasteiger partial charge in [-0.05, 0) is 49.9 Å². The van der Waals surface area contributed by atoms with E-state index in [1.807, 2.05) is 4.90 Å². The Bertz CT molecular complexity index is 1510. The Kier molecular flexibility index (Phi) is 10.1. The van der Waals surface area contributed by atoms with Gasteiger partial charge in [-0.25, -0.2) is 9.97 Å². The summed E-state index contributed by atoms with van der Waals surface area (Å²) in [7, 11) is 3.17. The number of ether oxygens (including phenoxy) is 2. The molecule has 3 aromatic rings. The number of pyridine rings is 2. The van der Waals surface area contributed by atoms with E-state index < -0.39 is 5.91 Å². The number of morpholine rings is 1. The van der Waals surface area contributed by atoms with Crippen LogP contribution in [0.2, 0.25) is 5.02 Å². The third-order valence-electron chi connectivity index (χ3n) is 7.92. The van der Waals surface area contributed by atoms with Crippen LogP contribution in [0.15, 0.2) is 34.9 Å². The lowest BCUT2D eigenvalue weighted by atomic mass is 9.81. The number of anilines is 2. The predicted molar refractivity (Wildman–Crippen MR) is 162 cm³/mol. The van der Waals surface area contributed by atoms with Crippen LogP contribution in [0, 0.1) is 11.8 Å². The molecular weight excluding hydrogens is 592 g/mol. The summed E-state index contributed by atoms with van der Waals surface area (Å²) >= 11 is 5.92. The van der Waals surface area contributed by atoms with Gasteiger partial charge < -0.3 is 34.3 Å². The molecule has 234 valence electrons. The summed E-state index contributed by atoms with van der Waals surface area (Å²) in [5.41, 5.74) is 0.540. The maximum absolute atomic E-state index is 13.6. The first-order valence-corrected chi connectivity index (χ1v) is 14.9. The van der Waals surface area contributed by atoms with Crippen molar-refractivity contribution in [2.75, 3.05) is 64.2 Å². The lowest BCUT2D eigenvalue weighted by Crippen LogP contribution is -2.44. The van der Waals surface area contributed by atoms with E-state index in [1.54, 1.807) is 20.2 Å². The number of likely N-dealkylation sites (N-methyl/N-ethyl adjacent to an activating group) is 1. The molecule has 2 aliphatic rings. The third kappa shape index (κ3) is 7.17. The fourth-order valence-electron chi connectivity index (χ4n) is 5.39. The highest BCUT2D eigenvalue weighted by Crippen LogP contribution is 2.34. The molecule has 0 atom stereocenters. The number of nitrogens with zero attached hydrogens (tertiary/aromatic N) is 4. The molecule has 0 unspecified atom stereocenters. The van der Waals surface area contributed by atoms with Crippen molar-refractivity contribution < 1.29 is 33.1 Å². The number of carbonyl (C=O) groups is 4. The summed E-state index contributed by atoms with van der Waals surface area (Å²) in [4.78, 5) is 64.8. The Morgan fingerprint density at radius 2 is 1.77 bits per heavy atom. The quantitative estimate of drug-likeness (QED) is 0.363. The largest absolute Gasteiger partial charge is 0.447 e. The highest BCUT2D eigenvalue weighted by atomic mass is 35.5. The molecule has 3 aromatic heterocycles. The molecule has 4 amide bonds. The minimum Gasteiger partial charge on any atom is -0.447 e. The standard InChI is InChI=1S/C30H35ClN6O7/c1-36(11-14-42-2)30(41)21-8-9-22-24(33-21)25(26(44-22)28(39)34-23-10-7-20(31)17-32-23)35-27(38)18-3-5-19(6-4-18)29(40)37-12-15-43-16-13-37/h7-10,17-19H,3-6,11-16H2,1-2H3,(H,35,38)(H,32,34,39)/t18-,19-. The van der Waals surface area contributed by atoms with Gasteiger partial charge in [0.15, 0.2) is 5.58 Å². The van der Waals surface area contributed by atoms with Gasteiger partial charge in [0.05, 0.1) is 24.8 Å². The number of fused-ring (bicyclic) bond motifs is 1. The SMILES string of the molecule is COCCN(C)C(=O)c1ccc2oc(C(=O)Nc3ccc(Cl)cn3)c(NC(=O)[C@H]3CC[C@H](C(=O)N4CCOCC4)CC3)c2n1. The molecule has 2 N–H and O–H groups in total. The van der Waals surface area contributed by atoms with E-state index >= 15 is 0 Å². The molecular formula is C30H35ClN6O7. The minimum atomic E-state index is -0.668. The van der Waals surface area contributed by atoms with E-state index in [1.165, 1.54) is 29.3 Å². The first-order valence-electron chi connectivity index (χ1n) is 14.5. The molecule has 13 nitrogen and oxygen atoms in total. The van der Waals surface area contributed by atoms with Gasteiger partial charge in [0, 0.05) is 51.8 Å². The second-order valence-corrected chi connectivity index (χ2v) is 11.3. The maximum atomic E-state index is 13.6. The van der Waals surface area contributed by atoms with Gasteiger partial charge in [-0.2, -0.15) is 0 Å². The number of hydrogen-bond donors (Lipinski definition) is 2. The van der Waals surface area contributed by atoms with Crippen LogP contribution in [0.3, 0.4) is 0 Å². The van der Waals surface area contributed by atoms with Gasteiger partial charge >= 0.3 is 0 Å². The Labute approximate surface area is 259 Å². The summed E-state index contributed by atoms with van der Waals surface area (Å²) in [5, 5.41) is 5.91. The molecule has 0 aromatic carbocycles. The van der Waals surface area contributed by atoms with E-state index in [-0.39, 0.29) is 63.6 Å². The van der Waals surface area contributed by atoms with Gasteiger partial charge in [-0.15, -0.1) is 0 Å². The van der Waals surface area contributed by atoms with Crippen molar-refractivity contribution in [2.45, 2.75) is 25.7 Å². The maximum Gasteiger partial charge on any atom is 0.294 e. The minimum absolute atomic E-state index is 0.0529. The fourth-order valence-corrected chi connectivity index (χ4v) is 5.50. The number of rotatable bonds is 9. The molecule has 14 heteroatoms. The Morgan fingerprint density at radius 1 is 1.05 bits per heavy atom. The molecule has 1 saturated carbocycles. The van der Waals surface area contributed by atoms with Crippen molar-refractivity contribution >= 4 is 57.8 Å². The Hall–Kier alpha value is -4.07. The lowest BCUT2D eigenvalue weighted by molar-refractivity contribution is -0.141. The normalized spacial score (nSPS) is 18.6. The van der Waals surface area contributed by atoms with Crippen LogP contribution in [0.1, 0.15) is 46.7 Å². The number of aromatic nitrogens is 2. The van der Waals surface area contributed by atoms with Crippen LogP contribution in [0.5, 0.6) is 0 Å². The van der Waals surface area contributed by atoms with Crippen LogP contribution in [0.4, 0.5) is 11.5 Å². The van der Waals surface area contributed by atoms with Gasteiger partial charge in [0.2, 0.25) is 17.6 Å². The van der Waals surface area contributed by atoms with Crippen LogP contribution >= 0.6 is 11.6 Å². The van der Waals surface area contributed by atoms with E-state index in [0.717, 1.165) is 0 Å². The molecule has 5 rings (SSSR count). The highest BCUT2D eigenvalue weighted by molar-refractivity contribution is 6.30. The second-order valence-electron chi connectivity index (χ2n) is 10.9. The van der Waals surface area contributed by atoms with Gasteiger partial charge in [0.25, 0.3) is 11.8 Å². The highest BCUT2D eigenvalue weighted by Gasteiger charge is 2.34. The zero-order valence-electron chi connectivity index (χ0n) is 24.6. The number of amides is 4.